The van der Waals surface area contributed by atoms with E-state index in [0.29, 0.717) is 24.1 Å². The number of hydrogen-bond acceptors (Lipinski definition) is 3. The Morgan fingerprint density at radius 1 is 1.03 bits per heavy atom. The summed E-state index contributed by atoms with van der Waals surface area (Å²) in [6, 6.07) is 8.81. The maximum absolute atomic E-state index is 14.4. The van der Waals surface area contributed by atoms with Crippen molar-refractivity contribution in [1.82, 2.24) is 4.90 Å². The quantitative estimate of drug-likeness (QED) is 0.457. The molecule has 36 heavy (non-hydrogen) atoms. The lowest BCUT2D eigenvalue weighted by atomic mass is 9.77. The summed E-state index contributed by atoms with van der Waals surface area (Å²) in [4.78, 5) is 14.0. The van der Waals surface area contributed by atoms with Crippen LogP contribution in [0.2, 0.25) is 0 Å². The van der Waals surface area contributed by atoms with Crippen molar-refractivity contribution in [3.63, 3.8) is 0 Å². The van der Waals surface area contributed by atoms with Gasteiger partial charge in [-0.2, -0.15) is 13.2 Å². The van der Waals surface area contributed by atoms with Gasteiger partial charge in [-0.3, -0.25) is 9.69 Å². The maximum Gasteiger partial charge on any atom is 0.420 e. The average Bonchev–Trinajstić information content (AvgIpc) is 2.82. The van der Waals surface area contributed by atoms with Crippen molar-refractivity contribution in [2.24, 2.45) is 11.8 Å². The summed E-state index contributed by atoms with van der Waals surface area (Å²) in [5.41, 5.74) is 0.153. The molecule has 3 aliphatic rings. The second-order valence-corrected chi connectivity index (χ2v) is 11.3. The Balaban J connectivity index is 1.48. The Bertz CT molecular complexity index is 1090. The number of carboxylic acids is 1. The van der Waals surface area contributed by atoms with E-state index < -0.39 is 17.7 Å². The first-order chi connectivity index (χ1) is 17.1. The fourth-order valence-corrected chi connectivity index (χ4v) is 6.92. The van der Waals surface area contributed by atoms with Gasteiger partial charge in [-0.05, 0) is 92.7 Å². The van der Waals surface area contributed by atoms with Gasteiger partial charge in [-0.15, -0.1) is 0 Å². The van der Waals surface area contributed by atoms with Crippen molar-refractivity contribution in [3.8, 4) is 5.75 Å². The molecule has 2 unspecified atom stereocenters. The number of benzene rings is 2. The molecule has 196 valence electrons. The van der Waals surface area contributed by atoms with Crippen molar-refractivity contribution < 1.29 is 27.8 Å². The molecule has 0 radical (unpaired) electrons. The molecule has 3 atom stereocenters. The Labute approximate surface area is 210 Å². The van der Waals surface area contributed by atoms with E-state index in [9.17, 15) is 23.1 Å². The molecule has 1 N–H and O–H groups in total. The number of nitrogens with zero attached hydrogens (tertiary/aromatic N) is 1. The van der Waals surface area contributed by atoms with Crippen molar-refractivity contribution in [2.45, 2.75) is 102 Å². The molecule has 0 aromatic heterocycles. The summed E-state index contributed by atoms with van der Waals surface area (Å²) >= 11 is 0. The van der Waals surface area contributed by atoms with Crippen LogP contribution in [-0.2, 0) is 11.0 Å². The highest BCUT2D eigenvalue weighted by Gasteiger charge is 2.43. The summed E-state index contributed by atoms with van der Waals surface area (Å²) in [5, 5.41) is 10.3. The number of halogens is 3. The minimum absolute atomic E-state index is 0.0708. The monoisotopic (exact) mass is 503 g/mol. The second kappa shape index (κ2) is 9.88. The molecule has 2 heterocycles. The Kier molecular flexibility index (Phi) is 6.96. The maximum atomic E-state index is 14.4. The molecule has 2 aromatic rings. The Morgan fingerprint density at radius 2 is 1.67 bits per heavy atom. The van der Waals surface area contributed by atoms with Gasteiger partial charge in [0.25, 0.3) is 0 Å². The predicted molar refractivity (Wildman–Crippen MR) is 133 cm³/mol. The number of piperidine rings is 2. The van der Waals surface area contributed by atoms with Crippen LogP contribution in [0.4, 0.5) is 13.2 Å². The van der Waals surface area contributed by atoms with Crippen molar-refractivity contribution >= 4 is 16.7 Å². The van der Waals surface area contributed by atoms with Gasteiger partial charge in [-0.1, -0.05) is 31.5 Å². The fraction of sp³-hybridized carbons (Fsp3) is 0.621. The summed E-state index contributed by atoms with van der Waals surface area (Å²) in [5.74, 6) is -0.550. The number of carbonyl (C=O) groups is 1. The molecule has 2 aliphatic heterocycles. The van der Waals surface area contributed by atoms with Gasteiger partial charge < -0.3 is 9.84 Å². The van der Waals surface area contributed by atoms with Gasteiger partial charge >= 0.3 is 12.1 Å². The third kappa shape index (κ3) is 4.96. The number of hydrogen-bond donors (Lipinski definition) is 1. The molecule has 2 aromatic carbocycles. The highest BCUT2D eigenvalue weighted by Crippen LogP contribution is 2.45. The largest absolute Gasteiger partial charge is 0.490 e. The van der Waals surface area contributed by atoms with E-state index in [4.69, 9.17) is 4.74 Å². The van der Waals surface area contributed by atoms with Gasteiger partial charge in [0.15, 0.2) is 0 Å². The first kappa shape index (κ1) is 25.4. The number of ether oxygens (including phenoxy) is 1. The van der Waals surface area contributed by atoms with Crippen LogP contribution < -0.4 is 4.74 Å². The van der Waals surface area contributed by atoms with Gasteiger partial charge in [0.05, 0.1) is 12.0 Å². The smallest absolute Gasteiger partial charge is 0.420 e. The third-order valence-electron chi connectivity index (χ3n) is 8.86. The van der Waals surface area contributed by atoms with Crippen molar-refractivity contribution in [3.05, 3.63) is 41.5 Å². The van der Waals surface area contributed by atoms with E-state index in [1.807, 2.05) is 13.0 Å². The summed E-state index contributed by atoms with van der Waals surface area (Å²) < 4.78 is 49.3. The third-order valence-corrected chi connectivity index (χ3v) is 8.86. The number of fused-ring (bicyclic) bond motifs is 3. The molecule has 7 heteroatoms. The normalized spacial score (nSPS) is 30.2. The van der Waals surface area contributed by atoms with E-state index in [0.717, 1.165) is 50.5 Å². The number of carboxylic acid groups (broad SMARTS) is 1. The van der Waals surface area contributed by atoms with E-state index >= 15 is 0 Å². The van der Waals surface area contributed by atoms with Crippen LogP contribution >= 0.6 is 0 Å². The summed E-state index contributed by atoms with van der Waals surface area (Å²) in [6.45, 7) is 4.22. The zero-order valence-corrected chi connectivity index (χ0v) is 21.1. The topological polar surface area (TPSA) is 49.8 Å². The standard InChI is InChI=1S/C29H36F3NO3/c1-17-6-11-24(12-7-17)36-26-13-10-19-8-9-20(16-25(19)27(26)29(30,31)32)18(2)33-22-4-3-5-23(33)15-21(14-22)28(34)35/h8-10,13,16-18,21-24H,3-7,11-12,14-15H2,1-2H3,(H,34,35)/t17?,18-,21?,22?,23?,24?/m1/s1. The Morgan fingerprint density at radius 3 is 2.28 bits per heavy atom. The van der Waals surface area contributed by atoms with Crippen molar-refractivity contribution in [1.29, 1.82) is 0 Å². The van der Waals surface area contributed by atoms with Crippen molar-refractivity contribution in [2.75, 3.05) is 0 Å². The number of alkyl halides is 3. The van der Waals surface area contributed by atoms with Crippen LogP contribution in [0.5, 0.6) is 5.75 Å². The molecule has 5 rings (SSSR count). The lowest BCUT2D eigenvalue weighted by Crippen LogP contribution is -2.53. The van der Waals surface area contributed by atoms with Gasteiger partial charge in [0.1, 0.15) is 11.3 Å². The van der Waals surface area contributed by atoms with Gasteiger partial charge in [0, 0.05) is 18.1 Å². The Hall–Kier alpha value is -2.28. The molecular formula is C29H36F3NO3. The molecule has 2 bridgehead atoms. The number of aliphatic carboxylic acids is 1. The molecule has 0 amide bonds. The highest BCUT2D eigenvalue weighted by molar-refractivity contribution is 5.89. The molecular weight excluding hydrogens is 467 g/mol. The highest BCUT2D eigenvalue weighted by atomic mass is 19.4. The van der Waals surface area contributed by atoms with E-state index in [1.54, 1.807) is 18.2 Å². The summed E-state index contributed by atoms with van der Waals surface area (Å²) in [7, 11) is 0. The molecule has 1 saturated carbocycles. The predicted octanol–water partition coefficient (Wildman–Crippen LogP) is 7.59. The molecule has 1 aliphatic carbocycles. The zero-order valence-electron chi connectivity index (χ0n) is 21.1. The molecule has 0 spiro atoms. The first-order valence-corrected chi connectivity index (χ1v) is 13.4. The second-order valence-electron chi connectivity index (χ2n) is 11.3. The SMILES string of the molecule is CC1CCC(Oc2ccc3ccc([C@@H](C)N4C5CCCC4CC(C(=O)O)C5)cc3c2C(F)(F)F)CC1. The lowest BCUT2D eigenvalue weighted by Gasteiger charge is -2.51. The van der Waals surface area contributed by atoms with Gasteiger partial charge in [0.2, 0.25) is 0 Å². The van der Waals surface area contributed by atoms with E-state index in [1.165, 1.54) is 6.07 Å². The molecule has 3 fully saturated rings. The molecule has 2 saturated heterocycles. The van der Waals surface area contributed by atoms with E-state index in [-0.39, 0.29) is 41.3 Å². The fourth-order valence-electron chi connectivity index (χ4n) is 6.92. The zero-order chi connectivity index (χ0) is 25.6. The van der Waals surface area contributed by atoms with E-state index in [2.05, 4.69) is 11.8 Å². The average molecular weight is 504 g/mol. The first-order valence-electron chi connectivity index (χ1n) is 13.4. The number of rotatable bonds is 5. The van der Waals surface area contributed by atoms with Crippen LogP contribution in [0.3, 0.4) is 0 Å². The van der Waals surface area contributed by atoms with Crippen LogP contribution in [0.1, 0.15) is 88.8 Å². The molecule has 4 nitrogen and oxygen atoms in total. The minimum Gasteiger partial charge on any atom is -0.490 e. The van der Waals surface area contributed by atoms with Crippen LogP contribution in [0.15, 0.2) is 30.3 Å². The van der Waals surface area contributed by atoms with Crippen LogP contribution in [0.25, 0.3) is 10.8 Å². The van der Waals surface area contributed by atoms with Gasteiger partial charge in [-0.25, -0.2) is 0 Å². The minimum atomic E-state index is -4.53. The lowest BCUT2D eigenvalue weighted by molar-refractivity contribution is -0.147. The van der Waals surface area contributed by atoms with Crippen LogP contribution in [0, 0.1) is 11.8 Å². The van der Waals surface area contributed by atoms with Crippen LogP contribution in [-0.4, -0.2) is 34.2 Å². The summed E-state index contributed by atoms with van der Waals surface area (Å²) in [6.07, 6.45) is 2.95.